The van der Waals surface area contributed by atoms with Crippen LogP contribution in [0.5, 0.6) is 0 Å². The summed E-state index contributed by atoms with van der Waals surface area (Å²) in [4.78, 5) is 35.4. The molecule has 1 rings (SSSR count). The molecule has 0 spiro atoms. The fourth-order valence-corrected chi connectivity index (χ4v) is 1.93. The summed E-state index contributed by atoms with van der Waals surface area (Å²) in [6, 6.07) is -0.809. The predicted octanol–water partition coefficient (Wildman–Crippen LogP) is -0.731. The molecule has 8 heteroatoms. The Balaban J connectivity index is 2.21. The third-order valence-electron chi connectivity index (χ3n) is 3.08. The largest absolute Gasteiger partial charge is 0.459 e. The Labute approximate surface area is 135 Å². The van der Waals surface area contributed by atoms with Crippen LogP contribution in [0.25, 0.3) is 0 Å². The van der Waals surface area contributed by atoms with Gasteiger partial charge in [0.05, 0.1) is 0 Å². The van der Waals surface area contributed by atoms with E-state index in [1.165, 1.54) is 12.2 Å². The van der Waals surface area contributed by atoms with Crippen molar-refractivity contribution in [1.29, 1.82) is 0 Å². The summed E-state index contributed by atoms with van der Waals surface area (Å²) < 4.78 is 5.15. The van der Waals surface area contributed by atoms with Gasteiger partial charge in [-0.25, -0.2) is 0 Å². The van der Waals surface area contributed by atoms with E-state index in [1.54, 1.807) is 20.8 Å². The molecule has 1 aliphatic rings. The molecule has 0 bridgehead atoms. The minimum absolute atomic E-state index is 0.167. The molecule has 1 heterocycles. The molecule has 130 valence electrons. The fourth-order valence-electron chi connectivity index (χ4n) is 1.93. The molecule has 0 radical (unpaired) electrons. The first-order chi connectivity index (χ1) is 10.6. The van der Waals surface area contributed by atoms with Gasteiger partial charge >= 0.3 is 5.97 Å². The third kappa shape index (κ3) is 6.89. The van der Waals surface area contributed by atoms with Crippen molar-refractivity contribution in [2.45, 2.75) is 51.5 Å². The van der Waals surface area contributed by atoms with E-state index in [2.05, 4.69) is 5.32 Å². The Morgan fingerprint density at radius 2 is 1.87 bits per heavy atom. The van der Waals surface area contributed by atoms with Gasteiger partial charge in [0.2, 0.25) is 0 Å². The predicted molar refractivity (Wildman–Crippen MR) is 82.9 cm³/mol. The highest BCUT2D eigenvalue weighted by Gasteiger charge is 2.24. The first-order valence-corrected chi connectivity index (χ1v) is 7.53. The van der Waals surface area contributed by atoms with E-state index in [0.717, 1.165) is 4.90 Å². The van der Waals surface area contributed by atoms with Crippen LogP contribution in [0.3, 0.4) is 0 Å². The molecule has 0 saturated heterocycles. The van der Waals surface area contributed by atoms with Gasteiger partial charge in [0.25, 0.3) is 11.8 Å². The van der Waals surface area contributed by atoms with E-state index < -0.39 is 23.8 Å². The lowest BCUT2D eigenvalue weighted by Gasteiger charge is -2.23. The number of aliphatic hydroxyl groups excluding tert-OH is 1. The average molecular weight is 327 g/mol. The molecule has 0 fully saturated rings. The number of aliphatic hydroxyl groups is 1. The monoisotopic (exact) mass is 327 g/mol. The average Bonchev–Trinajstić information content (AvgIpc) is 2.74. The van der Waals surface area contributed by atoms with E-state index in [4.69, 9.17) is 10.5 Å². The standard InChI is InChI=1S/C15H25N3O5/c1-15(2,3)23-14(22)10(16)4-5-11(19)17-8-9-18-12(20)6-7-13(18)21/h6-7,10-11,17,19H,4-5,8-9,16H2,1-3H3/t10-,11?/m1/s1. The van der Waals surface area contributed by atoms with E-state index in [-0.39, 0.29) is 37.7 Å². The topological polar surface area (TPSA) is 122 Å². The second-order valence-electron chi connectivity index (χ2n) is 6.35. The molecule has 4 N–H and O–H groups in total. The molecule has 0 aromatic carbocycles. The van der Waals surface area contributed by atoms with Crippen molar-refractivity contribution < 1.29 is 24.2 Å². The molecule has 2 amide bonds. The number of nitrogens with two attached hydrogens (primary N) is 1. The van der Waals surface area contributed by atoms with E-state index >= 15 is 0 Å². The van der Waals surface area contributed by atoms with Crippen LogP contribution in [0.2, 0.25) is 0 Å². The molecule has 0 aromatic rings. The lowest BCUT2D eigenvalue weighted by Crippen LogP contribution is -2.41. The molecule has 23 heavy (non-hydrogen) atoms. The van der Waals surface area contributed by atoms with Gasteiger partial charge in [-0.3, -0.25) is 24.6 Å². The molecule has 0 saturated carbocycles. The summed E-state index contributed by atoms with van der Waals surface area (Å²) in [6.07, 6.45) is 2.04. The van der Waals surface area contributed by atoms with Gasteiger partial charge in [-0.2, -0.15) is 0 Å². The van der Waals surface area contributed by atoms with Gasteiger partial charge in [-0.1, -0.05) is 0 Å². The summed E-state index contributed by atoms with van der Waals surface area (Å²) in [5.74, 6) is -1.24. The second-order valence-corrected chi connectivity index (χ2v) is 6.35. The number of imide groups is 1. The second kappa shape index (κ2) is 8.19. The van der Waals surface area contributed by atoms with Crippen molar-refractivity contribution in [3.63, 3.8) is 0 Å². The van der Waals surface area contributed by atoms with Crippen molar-refractivity contribution in [2.75, 3.05) is 13.1 Å². The molecule has 8 nitrogen and oxygen atoms in total. The maximum Gasteiger partial charge on any atom is 0.323 e. The molecular formula is C15H25N3O5. The number of nitrogens with one attached hydrogen (secondary N) is 1. The molecule has 1 aliphatic heterocycles. The Bertz CT molecular complexity index is 466. The quantitative estimate of drug-likeness (QED) is 0.305. The molecular weight excluding hydrogens is 302 g/mol. The van der Waals surface area contributed by atoms with Gasteiger partial charge in [0.1, 0.15) is 17.9 Å². The minimum Gasteiger partial charge on any atom is -0.459 e. The zero-order chi connectivity index (χ0) is 17.6. The van der Waals surface area contributed by atoms with Crippen molar-refractivity contribution >= 4 is 17.8 Å². The van der Waals surface area contributed by atoms with Crippen molar-refractivity contribution in [1.82, 2.24) is 10.2 Å². The maximum atomic E-state index is 11.7. The van der Waals surface area contributed by atoms with E-state index in [1.807, 2.05) is 0 Å². The third-order valence-corrected chi connectivity index (χ3v) is 3.08. The summed E-state index contributed by atoms with van der Waals surface area (Å²) >= 11 is 0. The van der Waals surface area contributed by atoms with Crippen LogP contribution in [0.4, 0.5) is 0 Å². The van der Waals surface area contributed by atoms with E-state index in [9.17, 15) is 19.5 Å². The Kier molecular flexibility index (Phi) is 6.86. The lowest BCUT2D eigenvalue weighted by atomic mass is 10.1. The number of ether oxygens (including phenoxy) is 1. The highest BCUT2D eigenvalue weighted by Crippen LogP contribution is 2.10. The maximum absolute atomic E-state index is 11.7. The van der Waals surface area contributed by atoms with Crippen LogP contribution in [-0.2, 0) is 19.1 Å². The number of carbonyl (C=O) groups excluding carboxylic acids is 3. The van der Waals surface area contributed by atoms with Crippen LogP contribution in [0.15, 0.2) is 12.2 Å². The molecule has 0 aliphatic carbocycles. The number of nitrogens with zero attached hydrogens (tertiary/aromatic N) is 1. The van der Waals surface area contributed by atoms with Gasteiger partial charge in [0.15, 0.2) is 0 Å². The minimum atomic E-state index is -0.885. The van der Waals surface area contributed by atoms with Gasteiger partial charge < -0.3 is 15.6 Å². The number of amides is 2. The smallest absolute Gasteiger partial charge is 0.323 e. The Morgan fingerprint density at radius 3 is 2.39 bits per heavy atom. The number of hydrogen-bond acceptors (Lipinski definition) is 7. The van der Waals surface area contributed by atoms with Gasteiger partial charge in [-0.15, -0.1) is 0 Å². The van der Waals surface area contributed by atoms with Crippen molar-refractivity contribution in [3.05, 3.63) is 12.2 Å². The van der Waals surface area contributed by atoms with Gasteiger partial charge in [-0.05, 0) is 33.6 Å². The van der Waals surface area contributed by atoms with Crippen LogP contribution in [0, 0.1) is 0 Å². The van der Waals surface area contributed by atoms with Gasteiger partial charge in [0, 0.05) is 25.2 Å². The first-order valence-electron chi connectivity index (χ1n) is 7.53. The fraction of sp³-hybridized carbons (Fsp3) is 0.667. The molecule has 0 aromatic heterocycles. The summed E-state index contributed by atoms with van der Waals surface area (Å²) in [5, 5.41) is 12.6. The SMILES string of the molecule is CC(C)(C)OC(=O)[C@H](N)CCC(O)NCCN1C(=O)C=CC1=O. The van der Waals surface area contributed by atoms with Crippen molar-refractivity contribution in [3.8, 4) is 0 Å². The lowest BCUT2D eigenvalue weighted by molar-refractivity contribution is -0.156. The molecule has 2 atom stereocenters. The summed E-state index contributed by atoms with van der Waals surface area (Å²) in [5.41, 5.74) is 5.12. The summed E-state index contributed by atoms with van der Waals surface area (Å²) in [6.45, 7) is 5.68. The first kappa shape index (κ1) is 19.3. The zero-order valence-corrected chi connectivity index (χ0v) is 13.7. The number of hydrogen-bond donors (Lipinski definition) is 3. The highest BCUT2D eigenvalue weighted by atomic mass is 16.6. The van der Waals surface area contributed by atoms with E-state index in [0.29, 0.717) is 0 Å². The summed E-state index contributed by atoms with van der Waals surface area (Å²) in [7, 11) is 0. The van der Waals surface area contributed by atoms with Crippen LogP contribution < -0.4 is 11.1 Å². The number of rotatable bonds is 8. The highest BCUT2D eigenvalue weighted by molar-refractivity contribution is 6.12. The Morgan fingerprint density at radius 1 is 1.30 bits per heavy atom. The van der Waals surface area contributed by atoms with Crippen LogP contribution in [0.1, 0.15) is 33.6 Å². The van der Waals surface area contributed by atoms with Crippen LogP contribution in [-0.4, -0.2) is 58.8 Å². The normalized spacial score (nSPS) is 17.5. The number of carbonyl (C=O) groups is 3. The molecule has 1 unspecified atom stereocenters. The zero-order valence-electron chi connectivity index (χ0n) is 13.7. The van der Waals surface area contributed by atoms with Crippen LogP contribution >= 0.6 is 0 Å². The Hall–Kier alpha value is -1.77. The van der Waals surface area contributed by atoms with Crippen molar-refractivity contribution in [2.24, 2.45) is 5.73 Å². The number of esters is 1.